The number of furan rings is 1. The number of fused-ring (bicyclic) bond motifs is 1. The van der Waals surface area contributed by atoms with Gasteiger partial charge in [0.2, 0.25) is 0 Å². The lowest BCUT2D eigenvalue weighted by Gasteiger charge is -2.15. The van der Waals surface area contributed by atoms with Gasteiger partial charge in [-0.2, -0.15) is 0 Å². The Morgan fingerprint density at radius 3 is 2.86 bits per heavy atom. The average Bonchev–Trinajstić information content (AvgIpc) is 3.58. The maximum Gasteiger partial charge on any atom is 0.138 e. The van der Waals surface area contributed by atoms with Gasteiger partial charge in [-0.1, -0.05) is 41.6 Å². The maximum atomic E-state index is 9.20. The van der Waals surface area contributed by atoms with Crippen LogP contribution in [0, 0.1) is 0 Å². The number of hydrogen-bond donors (Lipinski definition) is 3. The van der Waals surface area contributed by atoms with Crippen molar-refractivity contribution < 1.29 is 14.4 Å². The summed E-state index contributed by atoms with van der Waals surface area (Å²) in [6, 6.07) is 19.6. The molecule has 4 N–H and O–H groups in total. The van der Waals surface area contributed by atoms with Crippen LogP contribution in [-0.2, 0) is 6.42 Å². The van der Waals surface area contributed by atoms with Gasteiger partial charge in [0.15, 0.2) is 0 Å². The first-order valence-corrected chi connectivity index (χ1v) is 11.4. The van der Waals surface area contributed by atoms with Gasteiger partial charge < -0.3 is 25.1 Å². The molecule has 1 atom stereocenters. The third kappa shape index (κ3) is 4.81. The van der Waals surface area contributed by atoms with Gasteiger partial charge in [-0.3, -0.25) is 4.98 Å². The topological polar surface area (TPSA) is 110 Å². The van der Waals surface area contributed by atoms with Crippen molar-refractivity contribution >= 4 is 16.6 Å². The minimum absolute atomic E-state index is 0.182. The van der Waals surface area contributed by atoms with E-state index in [1.54, 1.807) is 25.6 Å². The summed E-state index contributed by atoms with van der Waals surface area (Å²) in [5.41, 5.74) is 13.5. The Labute approximate surface area is 202 Å². The van der Waals surface area contributed by atoms with Crippen LogP contribution in [-0.4, -0.2) is 33.5 Å². The molecule has 7 heteroatoms. The van der Waals surface area contributed by atoms with Crippen molar-refractivity contribution in [2.45, 2.75) is 19.4 Å². The number of aromatic nitrogens is 2. The summed E-state index contributed by atoms with van der Waals surface area (Å²) >= 11 is 0. The molecule has 0 fully saturated rings. The van der Waals surface area contributed by atoms with Gasteiger partial charge in [-0.05, 0) is 54.3 Å². The summed E-state index contributed by atoms with van der Waals surface area (Å²) in [5, 5.41) is 13.7. The number of benzene rings is 2. The molecule has 3 heterocycles. The Morgan fingerprint density at radius 2 is 2.03 bits per heavy atom. The first-order chi connectivity index (χ1) is 17.1. The molecular formula is C28H26N4O3. The first-order valence-electron chi connectivity index (χ1n) is 11.4. The SMILES string of the molecule is CC(=NO)c1cccc(-c2cc(OC[C@H](N)Cc3c[nH]c4ccccc34)cnc2-c2ccoc2)c1. The second-order valence-electron chi connectivity index (χ2n) is 8.48. The molecule has 5 aromatic rings. The predicted molar refractivity (Wildman–Crippen MR) is 137 cm³/mol. The molecule has 2 aromatic carbocycles. The van der Waals surface area contributed by atoms with Crippen LogP contribution in [0.2, 0.25) is 0 Å². The van der Waals surface area contributed by atoms with Crippen molar-refractivity contribution in [2.24, 2.45) is 10.9 Å². The molecular weight excluding hydrogens is 440 g/mol. The number of nitrogens with one attached hydrogen (secondary N) is 1. The Kier molecular flexibility index (Phi) is 6.32. The number of pyridine rings is 1. The lowest BCUT2D eigenvalue weighted by molar-refractivity contribution is 0.287. The number of hydrogen-bond acceptors (Lipinski definition) is 6. The van der Waals surface area contributed by atoms with Crippen LogP contribution >= 0.6 is 0 Å². The molecule has 0 bridgehead atoms. The van der Waals surface area contributed by atoms with Crippen LogP contribution in [0.3, 0.4) is 0 Å². The van der Waals surface area contributed by atoms with E-state index in [9.17, 15) is 5.21 Å². The molecule has 176 valence electrons. The molecule has 0 aliphatic rings. The van der Waals surface area contributed by atoms with Crippen molar-refractivity contribution in [2.75, 3.05) is 6.61 Å². The molecule has 7 nitrogen and oxygen atoms in total. The van der Waals surface area contributed by atoms with Crippen LogP contribution in [0.25, 0.3) is 33.3 Å². The number of aromatic amines is 1. The smallest absolute Gasteiger partial charge is 0.138 e. The summed E-state index contributed by atoms with van der Waals surface area (Å²) in [5.74, 6) is 0.625. The van der Waals surface area contributed by atoms with Crippen LogP contribution in [0.4, 0.5) is 0 Å². The molecule has 0 aliphatic heterocycles. The van der Waals surface area contributed by atoms with E-state index in [0.29, 0.717) is 24.5 Å². The summed E-state index contributed by atoms with van der Waals surface area (Å²) in [7, 11) is 0. The van der Waals surface area contributed by atoms with Crippen LogP contribution in [0.5, 0.6) is 5.75 Å². The van der Waals surface area contributed by atoms with Gasteiger partial charge in [-0.15, -0.1) is 0 Å². The fourth-order valence-electron chi connectivity index (χ4n) is 4.19. The number of H-pyrrole nitrogens is 1. The normalized spacial score (nSPS) is 12.7. The van der Waals surface area contributed by atoms with E-state index in [0.717, 1.165) is 33.5 Å². The van der Waals surface area contributed by atoms with E-state index in [4.69, 9.17) is 14.9 Å². The standard InChI is InChI=1S/C28H26N4O3/c1-18(32-33)19-5-4-6-20(11-19)26-13-24(15-31-28(26)21-9-10-34-16-21)35-17-23(29)12-22-14-30-27-8-3-2-7-25(22)27/h2-11,13-16,23,30,33H,12,17,29H2,1H3/t23-/m1/s1. The Morgan fingerprint density at radius 1 is 1.14 bits per heavy atom. The largest absolute Gasteiger partial charge is 0.490 e. The molecule has 5 rings (SSSR count). The third-order valence-electron chi connectivity index (χ3n) is 6.02. The first kappa shape index (κ1) is 22.4. The van der Waals surface area contributed by atoms with Gasteiger partial charge in [-0.25, -0.2) is 0 Å². The fourth-order valence-corrected chi connectivity index (χ4v) is 4.19. The summed E-state index contributed by atoms with van der Waals surface area (Å²) in [6.07, 6.45) is 7.68. The Balaban J connectivity index is 1.39. The molecule has 3 aromatic heterocycles. The summed E-state index contributed by atoms with van der Waals surface area (Å²) in [4.78, 5) is 7.97. The van der Waals surface area contributed by atoms with Crippen LogP contribution in [0.15, 0.2) is 95.2 Å². The highest BCUT2D eigenvalue weighted by molar-refractivity contribution is 5.99. The number of nitrogens with two attached hydrogens (primary N) is 1. The Hall–Kier alpha value is -4.36. The van der Waals surface area contributed by atoms with Crippen molar-refractivity contribution in [3.63, 3.8) is 0 Å². The second kappa shape index (κ2) is 9.87. The number of para-hydroxylation sites is 1. The lowest BCUT2D eigenvalue weighted by atomic mass is 9.98. The number of oxime groups is 1. The predicted octanol–water partition coefficient (Wildman–Crippen LogP) is 5.64. The van der Waals surface area contributed by atoms with E-state index in [2.05, 4.69) is 27.3 Å². The van der Waals surface area contributed by atoms with Crippen molar-refractivity contribution in [1.82, 2.24) is 9.97 Å². The van der Waals surface area contributed by atoms with E-state index in [1.165, 1.54) is 10.9 Å². The molecule has 35 heavy (non-hydrogen) atoms. The number of rotatable bonds is 8. The zero-order chi connectivity index (χ0) is 24.2. The zero-order valence-corrected chi connectivity index (χ0v) is 19.3. The zero-order valence-electron chi connectivity index (χ0n) is 19.3. The van der Waals surface area contributed by atoms with E-state index >= 15 is 0 Å². The highest BCUT2D eigenvalue weighted by atomic mass is 16.5. The second-order valence-corrected chi connectivity index (χ2v) is 8.48. The lowest BCUT2D eigenvalue weighted by Crippen LogP contribution is -2.30. The molecule has 0 radical (unpaired) electrons. The highest BCUT2D eigenvalue weighted by Crippen LogP contribution is 2.34. The maximum absolute atomic E-state index is 9.20. The monoisotopic (exact) mass is 466 g/mol. The van der Waals surface area contributed by atoms with E-state index < -0.39 is 0 Å². The number of ether oxygens (including phenoxy) is 1. The van der Waals surface area contributed by atoms with Crippen LogP contribution < -0.4 is 10.5 Å². The molecule has 0 saturated carbocycles. The van der Waals surface area contributed by atoms with Gasteiger partial charge >= 0.3 is 0 Å². The molecule has 0 amide bonds. The van der Waals surface area contributed by atoms with Crippen LogP contribution in [0.1, 0.15) is 18.1 Å². The minimum Gasteiger partial charge on any atom is -0.490 e. The van der Waals surface area contributed by atoms with Gasteiger partial charge in [0, 0.05) is 34.3 Å². The quantitative estimate of drug-likeness (QED) is 0.156. The molecule has 0 aliphatic carbocycles. The molecule has 0 saturated heterocycles. The highest BCUT2D eigenvalue weighted by Gasteiger charge is 2.15. The van der Waals surface area contributed by atoms with Gasteiger partial charge in [0.1, 0.15) is 12.4 Å². The van der Waals surface area contributed by atoms with Crippen molar-refractivity contribution in [3.05, 3.63) is 96.7 Å². The van der Waals surface area contributed by atoms with Crippen molar-refractivity contribution in [3.8, 4) is 28.1 Å². The van der Waals surface area contributed by atoms with E-state index in [-0.39, 0.29) is 6.04 Å². The fraction of sp³-hybridized carbons (Fsp3) is 0.143. The average molecular weight is 467 g/mol. The molecule has 0 unspecified atom stereocenters. The summed E-state index contributed by atoms with van der Waals surface area (Å²) < 4.78 is 11.4. The van der Waals surface area contributed by atoms with Gasteiger partial charge in [0.05, 0.1) is 30.1 Å². The minimum atomic E-state index is -0.182. The Bertz CT molecular complexity index is 1470. The van der Waals surface area contributed by atoms with Gasteiger partial charge in [0.25, 0.3) is 0 Å². The molecule has 0 spiro atoms. The van der Waals surface area contributed by atoms with Crippen molar-refractivity contribution in [1.29, 1.82) is 0 Å². The van der Waals surface area contributed by atoms with E-state index in [1.807, 2.05) is 54.7 Å². The third-order valence-corrected chi connectivity index (χ3v) is 6.02. The number of nitrogens with zero attached hydrogens (tertiary/aromatic N) is 2. The summed E-state index contributed by atoms with van der Waals surface area (Å²) in [6.45, 7) is 2.10.